The van der Waals surface area contributed by atoms with Gasteiger partial charge in [0.1, 0.15) is 16.7 Å². The lowest BCUT2D eigenvalue weighted by molar-refractivity contribution is -0.149. The summed E-state index contributed by atoms with van der Waals surface area (Å²) in [5.74, 6) is -0.479. The average Bonchev–Trinajstić information content (AvgIpc) is 2.93. The van der Waals surface area contributed by atoms with E-state index in [-0.39, 0.29) is 21.4 Å². The zero-order chi connectivity index (χ0) is 24.0. The summed E-state index contributed by atoms with van der Waals surface area (Å²) < 4.78 is 120. The number of ether oxygens (including phenoxy) is 1. The van der Waals surface area contributed by atoms with Gasteiger partial charge in [-0.05, 0) is 40.0 Å². The predicted molar refractivity (Wildman–Crippen MR) is 99.2 cm³/mol. The van der Waals surface area contributed by atoms with Crippen molar-refractivity contribution in [2.45, 2.75) is 36.9 Å². The van der Waals surface area contributed by atoms with Gasteiger partial charge in [-0.25, -0.2) is 0 Å². The Bertz CT molecular complexity index is 1000. The Morgan fingerprint density at radius 3 is 2.19 bits per heavy atom. The smallest absolute Gasteiger partial charge is 0.407 e. The van der Waals surface area contributed by atoms with Crippen LogP contribution in [-0.2, 0) is 10.2 Å². The summed E-state index contributed by atoms with van der Waals surface area (Å²) in [5, 5.41) is -0.323. The lowest BCUT2D eigenvalue weighted by atomic mass is 10.0. The van der Waals surface area contributed by atoms with Crippen molar-refractivity contribution in [1.29, 1.82) is 0 Å². The predicted octanol–water partition coefficient (Wildman–Crippen LogP) is 6.17. The summed E-state index contributed by atoms with van der Waals surface area (Å²) in [6.45, 7) is -0.612. The molecule has 4 N–H and O–H groups in total. The molecule has 1 heterocycles. The molecule has 2 aromatic rings. The van der Waals surface area contributed by atoms with E-state index in [9.17, 15) is 39.7 Å². The number of benzene rings is 1. The zero-order valence-corrected chi connectivity index (χ0v) is 18.2. The van der Waals surface area contributed by atoms with Gasteiger partial charge >= 0.3 is 25.6 Å². The molecule has 1 aromatic carbocycles. The van der Waals surface area contributed by atoms with E-state index in [0.29, 0.717) is 0 Å². The minimum atomic E-state index is -6.01. The number of hydrogen-bond acceptors (Lipinski definition) is 4. The Kier molecular flexibility index (Phi) is 7.41. The SMILES string of the molecule is NC(c1cc(OCCCC(F)(F)F)c2sc(C(F)(F)P(=O)(O)O)c(Br)c2c1)C(F)(F)F. The highest BCUT2D eigenvalue weighted by Crippen LogP contribution is 2.63. The van der Waals surface area contributed by atoms with Crippen LogP contribution in [0.4, 0.5) is 35.1 Å². The number of alkyl halides is 8. The van der Waals surface area contributed by atoms with E-state index in [0.717, 1.165) is 12.1 Å². The number of rotatable bonds is 7. The van der Waals surface area contributed by atoms with Crippen molar-refractivity contribution in [3.63, 3.8) is 0 Å². The maximum Gasteiger partial charge on any atom is 0.407 e. The minimum Gasteiger partial charge on any atom is -0.492 e. The van der Waals surface area contributed by atoms with Crippen molar-refractivity contribution in [3.05, 3.63) is 27.0 Å². The number of nitrogens with two attached hydrogens (primary N) is 1. The molecular formula is C15H13BrF8NO4PS. The molecule has 31 heavy (non-hydrogen) atoms. The van der Waals surface area contributed by atoms with Crippen LogP contribution in [0.1, 0.15) is 29.3 Å². The van der Waals surface area contributed by atoms with Gasteiger partial charge < -0.3 is 20.3 Å². The number of hydrogen-bond donors (Lipinski definition) is 3. The van der Waals surface area contributed by atoms with Crippen LogP contribution in [0.25, 0.3) is 10.1 Å². The van der Waals surface area contributed by atoms with E-state index < -0.39 is 71.8 Å². The molecular weight excluding hydrogens is 553 g/mol. The molecule has 176 valence electrons. The second-order valence-corrected chi connectivity index (χ2v) is 9.78. The van der Waals surface area contributed by atoms with Crippen molar-refractivity contribution >= 4 is 44.9 Å². The normalized spacial score (nSPS) is 14.8. The molecule has 0 amide bonds. The summed E-state index contributed by atoms with van der Waals surface area (Å²) in [7, 11) is -6.01. The topological polar surface area (TPSA) is 92.8 Å². The van der Waals surface area contributed by atoms with Gasteiger partial charge in [0.15, 0.2) is 0 Å². The Morgan fingerprint density at radius 2 is 1.71 bits per heavy atom. The molecule has 0 spiro atoms. The van der Waals surface area contributed by atoms with E-state index >= 15 is 0 Å². The molecule has 2 rings (SSSR count). The maximum atomic E-state index is 14.2. The van der Waals surface area contributed by atoms with E-state index in [1.54, 1.807) is 0 Å². The van der Waals surface area contributed by atoms with Crippen LogP contribution in [0, 0.1) is 0 Å². The van der Waals surface area contributed by atoms with Gasteiger partial charge in [0.2, 0.25) is 0 Å². The molecule has 0 fully saturated rings. The molecule has 5 nitrogen and oxygen atoms in total. The monoisotopic (exact) mass is 565 g/mol. The summed E-state index contributed by atoms with van der Waals surface area (Å²) in [4.78, 5) is 16.7. The van der Waals surface area contributed by atoms with Crippen LogP contribution >= 0.6 is 34.9 Å². The summed E-state index contributed by atoms with van der Waals surface area (Å²) >= 11 is 2.83. The second-order valence-electron chi connectivity index (χ2n) is 6.31. The van der Waals surface area contributed by atoms with Crippen molar-refractivity contribution in [2.24, 2.45) is 5.73 Å². The molecule has 0 aliphatic rings. The molecule has 0 saturated carbocycles. The lowest BCUT2D eigenvalue weighted by Crippen LogP contribution is -2.28. The van der Waals surface area contributed by atoms with Gasteiger partial charge in [-0.15, -0.1) is 11.3 Å². The summed E-state index contributed by atoms with van der Waals surface area (Å²) in [6, 6.07) is -1.04. The maximum absolute atomic E-state index is 14.2. The molecule has 16 heteroatoms. The third kappa shape index (κ3) is 5.88. The Balaban J connectivity index is 2.60. The highest BCUT2D eigenvalue weighted by molar-refractivity contribution is 9.10. The summed E-state index contributed by atoms with van der Waals surface area (Å²) in [5.41, 5.74) is -0.186. The first-order valence-electron chi connectivity index (χ1n) is 8.08. The van der Waals surface area contributed by atoms with Crippen LogP contribution in [-0.4, -0.2) is 28.7 Å². The highest BCUT2D eigenvalue weighted by Gasteiger charge is 2.53. The van der Waals surface area contributed by atoms with Crippen LogP contribution in [0.2, 0.25) is 0 Å². The largest absolute Gasteiger partial charge is 0.492 e. The fourth-order valence-corrected chi connectivity index (χ4v) is 5.39. The van der Waals surface area contributed by atoms with E-state index in [4.69, 9.17) is 20.3 Å². The minimum absolute atomic E-state index is 0.117. The Hall–Kier alpha value is -0.990. The van der Waals surface area contributed by atoms with Crippen LogP contribution in [0.15, 0.2) is 16.6 Å². The molecule has 1 aromatic heterocycles. The number of fused-ring (bicyclic) bond motifs is 1. The molecule has 0 bridgehead atoms. The standard InChI is InChI=1S/C15H13BrF8NO4PS/c16-9-7-4-6(11(25)14(20,21)22)5-8(29-3-1-2-13(17,18)19)10(7)31-12(9)15(23,24)30(26,27)28/h4-5,11H,1-3,25H2,(H2,26,27,28). The van der Waals surface area contributed by atoms with Gasteiger partial charge in [0.25, 0.3) is 0 Å². The Labute approximate surface area is 181 Å². The number of halogens is 9. The third-order valence-corrected chi connectivity index (χ3v) is 7.41. The number of thiophene rings is 1. The van der Waals surface area contributed by atoms with Gasteiger partial charge in [0.05, 0.1) is 11.3 Å². The van der Waals surface area contributed by atoms with Crippen molar-refractivity contribution < 1.29 is 54.2 Å². The van der Waals surface area contributed by atoms with E-state index in [1.165, 1.54) is 0 Å². The fraction of sp³-hybridized carbons (Fsp3) is 0.467. The third-order valence-electron chi connectivity index (χ3n) is 3.93. The van der Waals surface area contributed by atoms with Gasteiger partial charge in [0, 0.05) is 16.3 Å². The molecule has 0 aliphatic heterocycles. The average molecular weight is 566 g/mol. The van der Waals surface area contributed by atoms with E-state index in [1.807, 2.05) is 0 Å². The summed E-state index contributed by atoms with van der Waals surface area (Å²) in [6.07, 6.45) is -11.3. The van der Waals surface area contributed by atoms with Crippen LogP contribution in [0.3, 0.4) is 0 Å². The van der Waals surface area contributed by atoms with Gasteiger partial charge in [-0.1, -0.05) is 0 Å². The molecule has 1 atom stereocenters. The molecule has 1 unspecified atom stereocenters. The highest BCUT2D eigenvalue weighted by atomic mass is 79.9. The quantitative estimate of drug-likeness (QED) is 0.212. The molecule has 0 radical (unpaired) electrons. The van der Waals surface area contributed by atoms with E-state index in [2.05, 4.69) is 15.9 Å². The first kappa shape index (κ1) is 26.3. The van der Waals surface area contributed by atoms with Crippen molar-refractivity contribution in [2.75, 3.05) is 6.61 Å². The first-order valence-corrected chi connectivity index (χ1v) is 11.3. The zero-order valence-electron chi connectivity index (χ0n) is 14.9. The second kappa shape index (κ2) is 8.75. The van der Waals surface area contributed by atoms with Gasteiger partial charge in [-0.3, -0.25) is 4.57 Å². The van der Waals surface area contributed by atoms with Crippen LogP contribution in [0.5, 0.6) is 5.75 Å². The van der Waals surface area contributed by atoms with Crippen molar-refractivity contribution in [1.82, 2.24) is 0 Å². The molecule has 0 saturated heterocycles. The first-order chi connectivity index (χ1) is 13.9. The van der Waals surface area contributed by atoms with Crippen molar-refractivity contribution in [3.8, 4) is 5.75 Å². The van der Waals surface area contributed by atoms with Crippen LogP contribution < -0.4 is 10.5 Å². The lowest BCUT2D eigenvalue weighted by Gasteiger charge is -2.18. The fourth-order valence-electron chi connectivity index (χ4n) is 2.42. The molecule has 0 aliphatic carbocycles. The Morgan fingerprint density at radius 1 is 1.13 bits per heavy atom. The van der Waals surface area contributed by atoms with Gasteiger partial charge in [-0.2, -0.15) is 35.1 Å².